The third-order valence-corrected chi connectivity index (χ3v) is 4.83. The summed E-state index contributed by atoms with van der Waals surface area (Å²) in [6.07, 6.45) is -0.283. The van der Waals surface area contributed by atoms with Gasteiger partial charge in [0.25, 0.3) is 6.43 Å². The van der Waals surface area contributed by atoms with Crippen LogP contribution in [-0.4, -0.2) is 80.3 Å². The van der Waals surface area contributed by atoms with E-state index in [1.807, 2.05) is 4.90 Å². The van der Waals surface area contributed by atoms with E-state index in [-0.39, 0.29) is 6.54 Å². The van der Waals surface area contributed by atoms with Gasteiger partial charge in [0.05, 0.1) is 19.8 Å². The summed E-state index contributed by atoms with van der Waals surface area (Å²) >= 11 is 0. The Morgan fingerprint density at radius 1 is 1.10 bits per heavy atom. The number of piperidine rings is 1. The normalized spacial score (nSPS) is 26.1. The number of morpholine rings is 1. The topological polar surface area (TPSA) is 27.7 Å². The van der Waals surface area contributed by atoms with Crippen LogP contribution in [0.3, 0.4) is 0 Å². The summed E-state index contributed by atoms with van der Waals surface area (Å²) in [6, 6.07) is 1.35. The van der Waals surface area contributed by atoms with E-state index < -0.39 is 6.43 Å². The van der Waals surface area contributed by atoms with Gasteiger partial charge in [0.15, 0.2) is 0 Å². The van der Waals surface area contributed by atoms with Gasteiger partial charge in [0.2, 0.25) is 0 Å². The second-order valence-corrected chi connectivity index (χ2v) is 6.31. The number of alkyl halides is 2. The number of likely N-dealkylation sites (tertiary alicyclic amines) is 1. The molecule has 4 nitrogen and oxygen atoms in total. The molecule has 2 aliphatic heterocycles. The standard InChI is InChI=1S/C15H29F2N3O/c1-12(13(2)20-7-9-21-10-8-20)18-14-3-5-19(6-4-14)11-15(16)17/h12-15,18H,3-11H2,1-2H3. The van der Waals surface area contributed by atoms with E-state index in [0.29, 0.717) is 18.1 Å². The molecular formula is C15H29F2N3O. The highest BCUT2D eigenvalue weighted by molar-refractivity contribution is 4.85. The van der Waals surface area contributed by atoms with Crippen LogP contribution in [0.25, 0.3) is 0 Å². The van der Waals surface area contributed by atoms with Gasteiger partial charge in [-0.25, -0.2) is 8.78 Å². The molecule has 2 aliphatic rings. The van der Waals surface area contributed by atoms with Crippen LogP contribution < -0.4 is 5.32 Å². The van der Waals surface area contributed by atoms with Crippen LogP contribution in [0.5, 0.6) is 0 Å². The van der Waals surface area contributed by atoms with E-state index in [1.165, 1.54) is 0 Å². The molecule has 0 aromatic rings. The second-order valence-electron chi connectivity index (χ2n) is 6.31. The van der Waals surface area contributed by atoms with E-state index in [4.69, 9.17) is 4.74 Å². The van der Waals surface area contributed by atoms with Crippen molar-refractivity contribution in [3.05, 3.63) is 0 Å². The van der Waals surface area contributed by atoms with Crippen LogP contribution in [-0.2, 0) is 4.74 Å². The van der Waals surface area contributed by atoms with Crippen molar-refractivity contribution in [2.24, 2.45) is 0 Å². The van der Waals surface area contributed by atoms with Crippen molar-refractivity contribution < 1.29 is 13.5 Å². The maximum absolute atomic E-state index is 12.4. The number of ether oxygens (including phenoxy) is 1. The van der Waals surface area contributed by atoms with Crippen molar-refractivity contribution in [2.75, 3.05) is 45.9 Å². The Kier molecular flexibility index (Phi) is 6.79. The van der Waals surface area contributed by atoms with E-state index in [1.54, 1.807) is 0 Å². The van der Waals surface area contributed by atoms with E-state index in [0.717, 1.165) is 52.2 Å². The highest BCUT2D eigenvalue weighted by Gasteiger charge is 2.26. The summed E-state index contributed by atoms with van der Waals surface area (Å²) in [6.45, 7) is 9.61. The maximum Gasteiger partial charge on any atom is 0.251 e. The number of hydrogen-bond acceptors (Lipinski definition) is 4. The van der Waals surface area contributed by atoms with E-state index in [2.05, 4.69) is 24.1 Å². The first-order valence-corrected chi connectivity index (χ1v) is 8.14. The summed E-state index contributed by atoms with van der Waals surface area (Å²) < 4.78 is 30.1. The van der Waals surface area contributed by atoms with Crippen LogP contribution in [0.15, 0.2) is 0 Å². The predicted octanol–water partition coefficient (Wildman–Crippen LogP) is 1.41. The summed E-state index contributed by atoms with van der Waals surface area (Å²) in [7, 11) is 0. The molecule has 0 aliphatic carbocycles. The molecule has 2 fully saturated rings. The van der Waals surface area contributed by atoms with E-state index >= 15 is 0 Å². The van der Waals surface area contributed by atoms with Crippen molar-refractivity contribution in [1.29, 1.82) is 0 Å². The van der Waals surface area contributed by atoms with Crippen LogP contribution in [0.1, 0.15) is 26.7 Å². The number of halogens is 2. The van der Waals surface area contributed by atoms with Gasteiger partial charge in [0, 0.05) is 31.2 Å². The fourth-order valence-corrected chi connectivity index (χ4v) is 3.29. The van der Waals surface area contributed by atoms with Crippen LogP contribution in [0, 0.1) is 0 Å². The molecule has 0 spiro atoms. The number of hydrogen-bond donors (Lipinski definition) is 1. The largest absolute Gasteiger partial charge is 0.379 e. The number of nitrogens with zero attached hydrogens (tertiary/aromatic N) is 2. The Bertz CT molecular complexity index is 293. The molecule has 2 atom stereocenters. The molecule has 0 saturated carbocycles. The molecule has 21 heavy (non-hydrogen) atoms. The Hall–Kier alpha value is -0.300. The second kappa shape index (κ2) is 8.36. The number of nitrogens with one attached hydrogen (secondary N) is 1. The van der Waals surface area contributed by atoms with E-state index in [9.17, 15) is 8.78 Å². The molecule has 2 rings (SSSR count). The molecule has 2 heterocycles. The van der Waals surface area contributed by atoms with Gasteiger partial charge in [-0.3, -0.25) is 9.80 Å². The zero-order valence-electron chi connectivity index (χ0n) is 13.2. The minimum atomic E-state index is -2.21. The predicted molar refractivity (Wildman–Crippen MR) is 79.9 cm³/mol. The highest BCUT2D eigenvalue weighted by atomic mass is 19.3. The van der Waals surface area contributed by atoms with Gasteiger partial charge in [0.1, 0.15) is 0 Å². The lowest BCUT2D eigenvalue weighted by atomic mass is 10.0. The van der Waals surface area contributed by atoms with Gasteiger partial charge in [-0.1, -0.05) is 0 Å². The van der Waals surface area contributed by atoms with Crippen molar-refractivity contribution in [2.45, 2.75) is 51.2 Å². The minimum absolute atomic E-state index is 0.0769. The van der Waals surface area contributed by atoms with Gasteiger partial charge < -0.3 is 10.1 Å². The summed E-state index contributed by atoms with van der Waals surface area (Å²) in [5.74, 6) is 0. The van der Waals surface area contributed by atoms with Gasteiger partial charge in [-0.05, 0) is 39.8 Å². The Balaban J connectivity index is 1.69. The lowest BCUT2D eigenvalue weighted by Crippen LogP contribution is -2.54. The summed E-state index contributed by atoms with van der Waals surface area (Å²) in [5, 5.41) is 3.69. The van der Waals surface area contributed by atoms with Gasteiger partial charge in [-0.2, -0.15) is 0 Å². The lowest BCUT2D eigenvalue weighted by molar-refractivity contribution is 0.0115. The fraction of sp³-hybridized carbons (Fsp3) is 1.00. The van der Waals surface area contributed by atoms with Crippen molar-refractivity contribution >= 4 is 0 Å². The Morgan fingerprint density at radius 3 is 2.29 bits per heavy atom. The van der Waals surface area contributed by atoms with Gasteiger partial charge >= 0.3 is 0 Å². The molecule has 2 saturated heterocycles. The molecule has 2 unspecified atom stereocenters. The molecule has 6 heteroatoms. The third-order valence-electron chi connectivity index (χ3n) is 4.83. The maximum atomic E-state index is 12.4. The molecule has 0 bridgehead atoms. The average molecular weight is 305 g/mol. The molecule has 124 valence electrons. The van der Waals surface area contributed by atoms with Crippen LogP contribution >= 0.6 is 0 Å². The first kappa shape index (κ1) is 17.1. The summed E-state index contributed by atoms with van der Waals surface area (Å²) in [5.41, 5.74) is 0. The average Bonchev–Trinajstić information content (AvgIpc) is 2.49. The molecule has 1 N–H and O–H groups in total. The van der Waals surface area contributed by atoms with Gasteiger partial charge in [-0.15, -0.1) is 0 Å². The fourth-order valence-electron chi connectivity index (χ4n) is 3.29. The Morgan fingerprint density at radius 2 is 1.71 bits per heavy atom. The SMILES string of the molecule is CC(NC1CCN(CC(F)F)CC1)C(C)N1CCOCC1. The molecule has 0 radical (unpaired) electrons. The smallest absolute Gasteiger partial charge is 0.251 e. The minimum Gasteiger partial charge on any atom is -0.379 e. The zero-order chi connectivity index (χ0) is 15.2. The highest BCUT2D eigenvalue weighted by Crippen LogP contribution is 2.14. The first-order valence-electron chi connectivity index (χ1n) is 8.14. The quantitative estimate of drug-likeness (QED) is 0.803. The third kappa shape index (κ3) is 5.43. The molecule has 0 aromatic carbocycles. The molecule has 0 aromatic heterocycles. The molecule has 0 amide bonds. The van der Waals surface area contributed by atoms with Crippen molar-refractivity contribution in [3.8, 4) is 0 Å². The van der Waals surface area contributed by atoms with Crippen LogP contribution in [0.2, 0.25) is 0 Å². The monoisotopic (exact) mass is 305 g/mol. The molecular weight excluding hydrogens is 276 g/mol. The van der Waals surface area contributed by atoms with Crippen LogP contribution in [0.4, 0.5) is 8.78 Å². The number of rotatable bonds is 6. The van der Waals surface area contributed by atoms with Crippen molar-refractivity contribution in [1.82, 2.24) is 15.1 Å². The zero-order valence-corrected chi connectivity index (χ0v) is 13.2. The first-order chi connectivity index (χ1) is 10.1. The summed E-state index contributed by atoms with van der Waals surface area (Å²) in [4.78, 5) is 4.34. The Labute approximate surface area is 126 Å². The lowest BCUT2D eigenvalue weighted by Gasteiger charge is -2.39. The van der Waals surface area contributed by atoms with Crippen molar-refractivity contribution in [3.63, 3.8) is 0 Å².